The molecule has 0 amide bonds. The zero-order chi connectivity index (χ0) is 22.2. The van der Waals surface area contributed by atoms with Crippen LogP contribution >= 0.6 is 0 Å². The van der Waals surface area contributed by atoms with Crippen molar-refractivity contribution in [2.45, 2.75) is 0 Å². The van der Waals surface area contributed by atoms with Crippen molar-refractivity contribution in [2.75, 3.05) is 36.5 Å². The van der Waals surface area contributed by atoms with Crippen LogP contribution in [0.4, 0.5) is 17.2 Å². The topological polar surface area (TPSA) is 100 Å². The standard InChI is InChI=1S/C24H21N7O2/c32-22-14-26-19-6-1-16(13-20(19)28-22)21-15-31-8-7-25-24(31)23(29-21)27-17-2-4-18(5-3-17)30-9-11-33-12-10-30/h1-8,13-15H,9-12H2,(H,27,29)(H,28,32). The third-order valence-corrected chi connectivity index (χ3v) is 5.75. The minimum atomic E-state index is -0.236. The number of ether oxygens (including phenoxy) is 1. The first-order valence-electron chi connectivity index (χ1n) is 10.8. The Labute approximate surface area is 188 Å². The van der Waals surface area contributed by atoms with Gasteiger partial charge >= 0.3 is 0 Å². The van der Waals surface area contributed by atoms with E-state index in [4.69, 9.17) is 9.72 Å². The molecule has 9 heteroatoms. The largest absolute Gasteiger partial charge is 0.378 e. The number of nitrogens with zero attached hydrogens (tertiary/aromatic N) is 5. The van der Waals surface area contributed by atoms with Gasteiger partial charge in [-0.25, -0.2) is 15.0 Å². The Morgan fingerprint density at radius 2 is 1.88 bits per heavy atom. The van der Waals surface area contributed by atoms with E-state index in [9.17, 15) is 4.79 Å². The van der Waals surface area contributed by atoms with Gasteiger partial charge in [0.1, 0.15) is 0 Å². The highest BCUT2D eigenvalue weighted by Gasteiger charge is 2.13. The average molecular weight is 439 g/mol. The molecule has 0 bridgehead atoms. The number of hydrogen-bond donors (Lipinski definition) is 2. The summed E-state index contributed by atoms with van der Waals surface area (Å²) in [6, 6.07) is 14.0. The molecule has 0 aliphatic carbocycles. The van der Waals surface area contributed by atoms with Crippen molar-refractivity contribution in [3.63, 3.8) is 0 Å². The number of rotatable bonds is 4. The molecule has 9 nitrogen and oxygen atoms in total. The van der Waals surface area contributed by atoms with Gasteiger partial charge in [-0.2, -0.15) is 0 Å². The molecule has 6 rings (SSSR count). The molecular weight excluding hydrogens is 418 g/mol. The zero-order valence-corrected chi connectivity index (χ0v) is 17.7. The van der Waals surface area contributed by atoms with Crippen molar-refractivity contribution in [2.24, 2.45) is 0 Å². The van der Waals surface area contributed by atoms with Crippen LogP contribution in [0.2, 0.25) is 0 Å². The number of hydrogen-bond acceptors (Lipinski definition) is 7. The maximum Gasteiger partial charge on any atom is 0.266 e. The molecule has 5 aromatic rings. The Hall–Kier alpha value is -4.24. The van der Waals surface area contributed by atoms with E-state index in [2.05, 4.69) is 37.3 Å². The molecule has 0 saturated carbocycles. The van der Waals surface area contributed by atoms with Crippen LogP contribution in [0, 0.1) is 0 Å². The quantitative estimate of drug-likeness (QED) is 0.443. The van der Waals surface area contributed by atoms with Crippen LogP contribution in [0.3, 0.4) is 0 Å². The number of aromatic amines is 1. The molecule has 2 aromatic carbocycles. The fourth-order valence-corrected chi connectivity index (χ4v) is 4.07. The lowest BCUT2D eigenvalue weighted by Crippen LogP contribution is -2.36. The molecule has 33 heavy (non-hydrogen) atoms. The van der Waals surface area contributed by atoms with E-state index in [1.54, 1.807) is 6.20 Å². The molecular formula is C24H21N7O2. The second kappa shape index (κ2) is 8.03. The summed E-state index contributed by atoms with van der Waals surface area (Å²) in [6.07, 6.45) is 6.84. The highest BCUT2D eigenvalue weighted by atomic mass is 16.5. The number of morpholine rings is 1. The SMILES string of the molecule is O=c1cnc2ccc(-c3cn4ccnc4c(Nc4ccc(N5CCOCC5)cc4)n3)cc2[nH]1. The lowest BCUT2D eigenvalue weighted by atomic mass is 10.1. The second-order valence-electron chi connectivity index (χ2n) is 7.88. The predicted octanol–water partition coefficient (Wildman–Crippen LogP) is 3.21. The maximum atomic E-state index is 11.7. The highest BCUT2D eigenvalue weighted by molar-refractivity contribution is 5.81. The fourth-order valence-electron chi connectivity index (χ4n) is 4.07. The highest BCUT2D eigenvalue weighted by Crippen LogP contribution is 2.27. The maximum absolute atomic E-state index is 11.7. The van der Waals surface area contributed by atoms with Crippen LogP contribution in [0.5, 0.6) is 0 Å². The first-order valence-corrected chi connectivity index (χ1v) is 10.8. The lowest BCUT2D eigenvalue weighted by Gasteiger charge is -2.28. The van der Waals surface area contributed by atoms with E-state index in [0.29, 0.717) is 11.3 Å². The Balaban J connectivity index is 1.35. The molecule has 1 saturated heterocycles. The Morgan fingerprint density at radius 3 is 2.73 bits per heavy atom. The molecule has 0 radical (unpaired) electrons. The van der Waals surface area contributed by atoms with E-state index >= 15 is 0 Å². The molecule has 0 unspecified atom stereocenters. The number of benzene rings is 2. The summed E-state index contributed by atoms with van der Waals surface area (Å²) in [5.41, 5.74) is 5.60. The van der Waals surface area contributed by atoms with Crippen LogP contribution in [-0.2, 0) is 4.74 Å². The van der Waals surface area contributed by atoms with Crippen molar-refractivity contribution in [1.82, 2.24) is 24.3 Å². The summed E-state index contributed by atoms with van der Waals surface area (Å²) in [5, 5.41) is 3.41. The predicted molar refractivity (Wildman–Crippen MR) is 127 cm³/mol. The second-order valence-corrected chi connectivity index (χ2v) is 7.88. The summed E-state index contributed by atoms with van der Waals surface area (Å²) in [7, 11) is 0. The summed E-state index contributed by atoms with van der Waals surface area (Å²) in [4.78, 5) is 30.3. The minimum Gasteiger partial charge on any atom is -0.378 e. The van der Waals surface area contributed by atoms with Gasteiger partial charge in [0.15, 0.2) is 11.5 Å². The number of aromatic nitrogens is 5. The normalized spacial score (nSPS) is 14.1. The van der Waals surface area contributed by atoms with Gasteiger partial charge in [0.05, 0.1) is 36.1 Å². The summed E-state index contributed by atoms with van der Waals surface area (Å²) in [5.74, 6) is 0.649. The molecule has 3 aromatic heterocycles. The van der Waals surface area contributed by atoms with Gasteiger partial charge in [-0.1, -0.05) is 6.07 Å². The van der Waals surface area contributed by atoms with E-state index in [1.165, 1.54) is 11.9 Å². The summed E-state index contributed by atoms with van der Waals surface area (Å²) in [6.45, 7) is 3.32. The summed E-state index contributed by atoms with van der Waals surface area (Å²) < 4.78 is 7.38. The Kier molecular flexibility index (Phi) is 4.73. The monoisotopic (exact) mass is 439 g/mol. The molecule has 2 N–H and O–H groups in total. The van der Waals surface area contributed by atoms with Crippen LogP contribution in [0.1, 0.15) is 0 Å². The molecule has 1 fully saturated rings. The van der Waals surface area contributed by atoms with Gasteiger partial charge in [-0.15, -0.1) is 0 Å². The minimum absolute atomic E-state index is 0.236. The third-order valence-electron chi connectivity index (χ3n) is 5.75. The first-order chi connectivity index (χ1) is 16.2. The van der Waals surface area contributed by atoms with Crippen LogP contribution in [0.25, 0.3) is 27.9 Å². The molecule has 1 aliphatic heterocycles. The number of anilines is 3. The van der Waals surface area contributed by atoms with E-state index in [0.717, 1.165) is 54.4 Å². The van der Waals surface area contributed by atoms with E-state index in [1.807, 2.05) is 47.1 Å². The van der Waals surface area contributed by atoms with Crippen molar-refractivity contribution >= 4 is 33.9 Å². The average Bonchev–Trinajstić information content (AvgIpc) is 3.34. The van der Waals surface area contributed by atoms with Gasteiger partial charge in [-0.05, 0) is 36.4 Å². The number of nitrogens with one attached hydrogen (secondary N) is 2. The number of imidazole rings is 1. The Morgan fingerprint density at radius 1 is 1.03 bits per heavy atom. The number of fused-ring (bicyclic) bond motifs is 2. The van der Waals surface area contributed by atoms with E-state index in [-0.39, 0.29) is 5.56 Å². The smallest absolute Gasteiger partial charge is 0.266 e. The van der Waals surface area contributed by atoms with Crippen molar-refractivity contribution in [1.29, 1.82) is 0 Å². The molecule has 4 heterocycles. The third kappa shape index (κ3) is 3.79. The zero-order valence-electron chi connectivity index (χ0n) is 17.7. The number of H-pyrrole nitrogens is 1. The Bertz CT molecular complexity index is 1500. The van der Waals surface area contributed by atoms with Crippen LogP contribution < -0.4 is 15.8 Å². The molecule has 164 valence electrons. The summed E-state index contributed by atoms with van der Waals surface area (Å²) >= 11 is 0. The van der Waals surface area contributed by atoms with Gasteiger partial charge < -0.3 is 24.3 Å². The van der Waals surface area contributed by atoms with Crippen LogP contribution in [0.15, 0.2) is 72.0 Å². The van der Waals surface area contributed by atoms with Crippen LogP contribution in [-0.4, -0.2) is 50.6 Å². The van der Waals surface area contributed by atoms with Gasteiger partial charge in [0.25, 0.3) is 5.56 Å². The van der Waals surface area contributed by atoms with Crippen molar-refractivity contribution < 1.29 is 4.74 Å². The first kappa shape index (κ1) is 19.4. The molecule has 1 aliphatic rings. The van der Waals surface area contributed by atoms with Crippen molar-refractivity contribution in [3.05, 3.63) is 77.6 Å². The van der Waals surface area contributed by atoms with Crippen molar-refractivity contribution in [3.8, 4) is 11.3 Å². The van der Waals surface area contributed by atoms with Gasteiger partial charge in [0.2, 0.25) is 0 Å². The van der Waals surface area contributed by atoms with E-state index < -0.39 is 0 Å². The molecule has 0 spiro atoms. The lowest BCUT2D eigenvalue weighted by molar-refractivity contribution is 0.122. The van der Waals surface area contributed by atoms with Gasteiger partial charge in [0, 0.05) is 48.6 Å². The van der Waals surface area contributed by atoms with Gasteiger partial charge in [-0.3, -0.25) is 4.79 Å². The fraction of sp³-hybridized carbons (Fsp3) is 0.167. The molecule has 0 atom stereocenters.